The molecular formula is C22H23FN2O4S2. The number of sulfonamides is 1. The van der Waals surface area contributed by atoms with E-state index >= 15 is 0 Å². The van der Waals surface area contributed by atoms with Crippen LogP contribution in [0.1, 0.15) is 12.0 Å². The molecule has 9 heteroatoms. The Morgan fingerprint density at radius 3 is 2.48 bits per heavy atom. The maximum absolute atomic E-state index is 14.4. The van der Waals surface area contributed by atoms with Gasteiger partial charge in [0.2, 0.25) is 5.91 Å². The molecule has 0 radical (unpaired) electrons. The molecule has 0 saturated carbocycles. The van der Waals surface area contributed by atoms with Gasteiger partial charge in [-0.1, -0.05) is 30.3 Å². The number of para-hydroxylation sites is 1. The Bertz CT molecular complexity index is 1100. The van der Waals surface area contributed by atoms with Crippen LogP contribution in [0, 0.1) is 5.82 Å². The summed E-state index contributed by atoms with van der Waals surface area (Å²) in [6.45, 7) is -0.140. The minimum atomic E-state index is -4.07. The lowest BCUT2D eigenvalue weighted by molar-refractivity contribution is -0.119. The highest BCUT2D eigenvalue weighted by atomic mass is 32.2. The number of nitrogens with one attached hydrogen (secondary N) is 1. The van der Waals surface area contributed by atoms with E-state index in [9.17, 15) is 17.6 Å². The van der Waals surface area contributed by atoms with Gasteiger partial charge in [-0.25, -0.2) is 12.8 Å². The zero-order valence-electron chi connectivity index (χ0n) is 17.0. The third-order valence-electron chi connectivity index (χ3n) is 4.57. The average molecular weight is 463 g/mol. The molecule has 0 unspecified atom stereocenters. The first-order chi connectivity index (χ1) is 14.9. The van der Waals surface area contributed by atoms with Crippen LogP contribution in [0.15, 0.2) is 70.3 Å². The van der Waals surface area contributed by atoms with E-state index in [2.05, 4.69) is 5.32 Å². The summed E-state index contributed by atoms with van der Waals surface area (Å²) >= 11 is 1.01. The fraction of sp³-hybridized carbons (Fsp3) is 0.227. The van der Waals surface area contributed by atoms with Crippen LogP contribution in [0.2, 0.25) is 0 Å². The molecule has 0 atom stereocenters. The van der Waals surface area contributed by atoms with Crippen molar-refractivity contribution >= 4 is 33.0 Å². The third kappa shape index (κ3) is 5.83. The van der Waals surface area contributed by atoms with Gasteiger partial charge in [0.25, 0.3) is 10.0 Å². The summed E-state index contributed by atoms with van der Waals surface area (Å²) in [5.74, 6) is -0.440. The number of anilines is 1. The van der Waals surface area contributed by atoms with Gasteiger partial charge in [0.15, 0.2) is 0 Å². The Morgan fingerprint density at radius 2 is 1.84 bits per heavy atom. The normalized spacial score (nSPS) is 11.2. The van der Waals surface area contributed by atoms with Crippen LogP contribution in [-0.2, 0) is 21.2 Å². The lowest BCUT2D eigenvalue weighted by Crippen LogP contribution is -2.41. The zero-order chi connectivity index (χ0) is 22.3. The van der Waals surface area contributed by atoms with Crippen LogP contribution in [0.3, 0.4) is 0 Å². The Balaban J connectivity index is 1.64. The van der Waals surface area contributed by atoms with Crippen LogP contribution >= 0.6 is 11.3 Å². The van der Waals surface area contributed by atoms with Gasteiger partial charge in [-0.05, 0) is 54.1 Å². The minimum absolute atomic E-state index is 0.0445. The van der Waals surface area contributed by atoms with Crippen LogP contribution in [0.25, 0.3) is 0 Å². The molecule has 6 nitrogen and oxygen atoms in total. The van der Waals surface area contributed by atoms with Gasteiger partial charge in [-0.2, -0.15) is 0 Å². The van der Waals surface area contributed by atoms with Crippen LogP contribution in [0.5, 0.6) is 5.75 Å². The van der Waals surface area contributed by atoms with Crippen LogP contribution < -0.4 is 14.4 Å². The Kier molecular flexibility index (Phi) is 7.64. The molecule has 3 rings (SSSR count). The number of aryl methyl sites for hydroxylation is 1. The minimum Gasteiger partial charge on any atom is -0.497 e. The molecule has 1 aromatic heterocycles. The van der Waals surface area contributed by atoms with Crippen molar-refractivity contribution in [2.45, 2.75) is 17.1 Å². The molecule has 1 heterocycles. The Labute approximate surface area is 185 Å². The number of halogens is 1. The Hall–Kier alpha value is -2.91. The maximum Gasteiger partial charge on any atom is 0.274 e. The van der Waals surface area contributed by atoms with Crippen molar-refractivity contribution in [3.63, 3.8) is 0 Å². The number of carbonyl (C=O) groups is 1. The molecule has 0 aliphatic heterocycles. The number of amides is 1. The van der Waals surface area contributed by atoms with Crippen molar-refractivity contribution in [3.05, 3.63) is 77.4 Å². The van der Waals surface area contributed by atoms with E-state index in [1.165, 1.54) is 30.3 Å². The average Bonchev–Trinajstić information content (AvgIpc) is 3.32. The number of hydrogen-bond acceptors (Lipinski definition) is 5. The standard InChI is InChI=1S/C22H23FN2O4S2/c1-29-18-12-10-17(11-13-18)6-4-14-24-21(26)16-25(20-8-3-2-7-19(20)23)31(27,28)22-9-5-15-30-22/h2-3,5,7-13,15H,4,6,14,16H2,1H3,(H,24,26). The summed E-state index contributed by atoms with van der Waals surface area (Å²) in [4.78, 5) is 12.5. The zero-order valence-corrected chi connectivity index (χ0v) is 18.6. The molecule has 0 bridgehead atoms. The van der Waals surface area contributed by atoms with Gasteiger partial charge in [-0.15, -0.1) is 11.3 Å². The summed E-state index contributed by atoms with van der Waals surface area (Å²) in [6, 6.07) is 16.2. The molecule has 2 aromatic carbocycles. The summed E-state index contributed by atoms with van der Waals surface area (Å²) in [5, 5.41) is 4.34. The van der Waals surface area contributed by atoms with Crippen LogP contribution in [-0.4, -0.2) is 34.5 Å². The molecule has 164 valence electrons. The molecule has 31 heavy (non-hydrogen) atoms. The molecule has 0 saturated heterocycles. The second kappa shape index (κ2) is 10.4. The van der Waals surface area contributed by atoms with E-state index in [1.807, 2.05) is 24.3 Å². The van der Waals surface area contributed by atoms with Gasteiger partial charge in [0, 0.05) is 6.54 Å². The molecule has 1 amide bonds. The van der Waals surface area contributed by atoms with E-state index < -0.39 is 28.3 Å². The lowest BCUT2D eigenvalue weighted by atomic mass is 10.1. The highest BCUT2D eigenvalue weighted by molar-refractivity contribution is 7.94. The van der Waals surface area contributed by atoms with Crippen molar-refractivity contribution in [1.29, 1.82) is 0 Å². The second-order valence-corrected chi connectivity index (χ2v) is 9.73. The van der Waals surface area contributed by atoms with E-state index in [1.54, 1.807) is 18.6 Å². The SMILES string of the molecule is COc1ccc(CCCNC(=O)CN(c2ccccc2F)S(=O)(=O)c2cccs2)cc1. The van der Waals surface area contributed by atoms with Crippen LogP contribution in [0.4, 0.5) is 10.1 Å². The predicted molar refractivity (Wildman–Crippen MR) is 120 cm³/mol. The first-order valence-electron chi connectivity index (χ1n) is 9.62. The number of methoxy groups -OCH3 is 1. The monoisotopic (exact) mass is 462 g/mol. The van der Waals surface area contributed by atoms with E-state index in [-0.39, 0.29) is 9.90 Å². The van der Waals surface area contributed by atoms with Gasteiger partial charge >= 0.3 is 0 Å². The van der Waals surface area contributed by atoms with Gasteiger partial charge in [0.05, 0.1) is 12.8 Å². The molecule has 0 aliphatic carbocycles. The number of hydrogen-bond donors (Lipinski definition) is 1. The largest absolute Gasteiger partial charge is 0.497 e. The molecular weight excluding hydrogens is 439 g/mol. The van der Waals surface area contributed by atoms with Gasteiger partial charge in [0.1, 0.15) is 22.3 Å². The maximum atomic E-state index is 14.4. The van der Waals surface area contributed by atoms with Crippen molar-refractivity contribution in [3.8, 4) is 5.75 Å². The lowest BCUT2D eigenvalue weighted by Gasteiger charge is -2.23. The number of rotatable bonds is 10. The van der Waals surface area contributed by atoms with Gasteiger partial charge in [-0.3, -0.25) is 9.10 Å². The van der Waals surface area contributed by atoms with E-state index in [0.717, 1.165) is 33.4 Å². The van der Waals surface area contributed by atoms with Crippen molar-refractivity contribution < 1.29 is 22.3 Å². The topological polar surface area (TPSA) is 75.7 Å². The molecule has 3 aromatic rings. The molecule has 1 N–H and O–H groups in total. The number of benzene rings is 2. The summed E-state index contributed by atoms with van der Waals surface area (Å²) in [7, 11) is -2.46. The number of thiophene rings is 1. The highest BCUT2D eigenvalue weighted by Crippen LogP contribution is 2.28. The summed E-state index contributed by atoms with van der Waals surface area (Å²) in [6.07, 6.45) is 1.42. The quantitative estimate of drug-likeness (QED) is 0.465. The first kappa shape index (κ1) is 22.8. The smallest absolute Gasteiger partial charge is 0.274 e. The van der Waals surface area contributed by atoms with E-state index in [4.69, 9.17) is 4.74 Å². The fourth-order valence-corrected chi connectivity index (χ4v) is 5.50. The summed E-state index contributed by atoms with van der Waals surface area (Å²) in [5.41, 5.74) is 0.938. The Morgan fingerprint density at radius 1 is 1.10 bits per heavy atom. The van der Waals surface area contributed by atoms with Crippen molar-refractivity contribution in [2.75, 3.05) is 24.5 Å². The second-order valence-electron chi connectivity index (χ2n) is 6.70. The summed E-state index contributed by atoms with van der Waals surface area (Å²) < 4.78 is 46.4. The molecule has 0 fully saturated rings. The molecule has 0 spiro atoms. The number of carbonyl (C=O) groups excluding carboxylic acids is 1. The molecule has 0 aliphatic rings. The third-order valence-corrected chi connectivity index (χ3v) is 7.70. The number of nitrogens with zero attached hydrogens (tertiary/aromatic N) is 1. The number of ether oxygens (including phenoxy) is 1. The predicted octanol–water partition coefficient (Wildman–Crippen LogP) is 3.84. The van der Waals surface area contributed by atoms with Gasteiger partial charge < -0.3 is 10.1 Å². The van der Waals surface area contributed by atoms with Crippen molar-refractivity contribution in [2.24, 2.45) is 0 Å². The fourth-order valence-electron chi connectivity index (χ4n) is 2.97. The van der Waals surface area contributed by atoms with E-state index in [0.29, 0.717) is 13.0 Å². The highest BCUT2D eigenvalue weighted by Gasteiger charge is 2.29. The van der Waals surface area contributed by atoms with Crippen molar-refractivity contribution in [1.82, 2.24) is 5.32 Å². The first-order valence-corrected chi connectivity index (χ1v) is 11.9.